The minimum Gasteiger partial charge on any atom is -0.270 e. The molecule has 0 saturated heterocycles. The van der Waals surface area contributed by atoms with E-state index in [-0.39, 0.29) is 0 Å². The highest BCUT2D eigenvalue weighted by molar-refractivity contribution is 7.98. The van der Waals surface area contributed by atoms with Crippen molar-refractivity contribution in [3.8, 4) is 17.1 Å². The average Bonchev–Trinajstić information content (AvgIpc) is 3.22. The molecule has 31 heavy (non-hydrogen) atoms. The first kappa shape index (κ1) is 19.9. The first-order valence-corrected chi connectivity index (χ1v) is 11.4. The van der Waals surface area contributed by atoms with Crippen LogP contribution in [0.5, 0.6) is 0 Å². The summed E-state index contributed by atoms with van der Waals surface area (Å²) in [5.41, 5.74) is 4.52. The molecular formula is C26H20ClN3S. The van der Waals surface area contributed by atoms with Gasteiger partial charge in [0.2, 0.25) is 0 Å². The second-order valence-electron chi connectivity index (χ2n) is 7.36. The summed E-state index contributed by atoms with van der Waals surface area (Å²) < 4.78 is 2.15. The maximum Gasteiger partial charge on any atom is 0.196 e. The molecule has 4 aromatic carbocycles. The van der Waals surface area contributed by atoms with Gasteiger partial charge >= 0.3 is 0 Å². The number of nitrogens with zero attached hydrogens (tertiary/aromatic N) is 3. The van der Waals surface area contributed by atoms with Crippen LogP contribution in [0.2, 0.25) is 5.02 Å². The number of halogens is 1. The smallest absolute Gasteiger partial charge is 0.196 e. The fourth-order valence-corrected chi connectivity index (χ4v) is 4.82. The van der Waals surface area contributed by atoms with Crippen LogP contribution in [0.1, 0.15) is 11.1 Å². The van der Waals surface area contributed by atoms with Gasteiger partial charge in [0.05, 0.1) is 5.69 Å². The van der Waals surface area contributed by atoms with Gasteiger partial charge in [-0.2, -0.15) is 0 Å². The van der Waals surface area contributed by atoms with Crippen molar-refractivity contribution in [3.63, 3.8) is 0 Å². The molecule has 5 aromatic rings. The van der Waals surface area contributed by atoms with E-state index < -0.39 is 0 Å². The lowest BCUT2D eigenvalue weighted by Crippen LogP contribution is -2.02. The molecule has 0 N–H and O–H groups in total. The summed E-state index contributed by atoms with van der Waals surface area (Å²) in [4.78, 5) is 0. The van der Waals surface area contributed by atoms with Crippen molar-refractivity contribution >= 4 is 34.1 Å². The maximum absolute atomic E-state index is 6.10. The third-order valence-corrected chi connectivity index (χ3v) is 6.56. The van der Waals surface area contributed by atoms with Gasteiger partial charge in [-0.05, 0) is 59.2 Å². The highest BCUT2D eigenvalue weighted by Gasteiger charge is 2.18. The predicted molar refractivity (Wildman–Crippen MR) is 130 cm³/mol. The molecule has 0 fully saturated rings. The zero-order valence-corrected chi connectivity index (χ0v) is 18.6. The van der Waals surface area contributed by atoms with Gasteiger partial charge in [0, 0.05) is 16.3 Å². The molecule has 5 rings (SSSR count). The highest BCUT2D eigenvalue weighted by Crippen LogP contribution is 2.32. The van der Waals surface area contributed by atoms with E-state index in [4.69, 9.17) is 11.6 Å². The van der Waals surface area contributed by atoms with E-state index in [2.05, 4.69) is 76.3 Å². The van der Waals surface area contributed by atoms with Crippen molar-refractivity contribution in [1.82, 2.24) is 14.8 Å². The van der Waals surface area contributed by atoms with Gasteiger partial charge in [0.1, 0.15) is 0 Å². The summed E-state index contributed by atoms with van der Waals surface area (Å²) in [6, 6.07) is 31.0. The van der Waals surface area contributed by atoms with Gasteiger partial charge < -0.3 is 0 Å². The van der Waals surface area contributed by atoms with Gasteiger partial charge in [0.25, 0.3) is 0 Å². The standard InChI is InChI=1S/C26H20ClN3S/c1-18-7-2-5-12-24(18)30-25(20-13-15-22(27)16-14-20)28-29-26(30)31-17-21-10-6-9-19-8-3-4-11-23(19)21/h2-16H,17H2,1H3. The third-order valence-electron chi connectivity index (χ3n) is 5.33. The number of benzene rings is 4. The molecule has 0 unspecified atom stereocenters. The normalized spacial score (nSPS) is 11.2. The number of hydrogen-bond donors (Lipinski definition) is 0. The minimum atomic E-state index is 0.705. The molecule has 0 aliphatic carbocycles. The summed E-state index contributed by atoms with van der Waals surface area (Å²) in [5, 5.41) is 13.2. The predicted octanol–water partition coefficient (Wildman–Crippen LogP) is 7.34. The zero-order chi connectivity index (χ0) is 21.2. The van der Waals surface area contributed by atoms with Crippen LogP contribution in [-0.4, -0.2) is 14.8 Å². The highest BCUT2D eigenvalue weighted by atomic mass is 35.5. The molecule has 3 nitrogen and oxygen atoms in total. The molecule has 0 radical (unpaired) electrons. The second-order valence-corrected chi connectivity index (χ2v) is 8.74. The van der Waals surface area contributed by atoms with E-state index in [1.807, 2.05) is 36.4 Å². The van der Waals surface area contributed by atoms with E-state index in [0.717, 1.165) is 28.0 Å². The number of rotatable bonds is 5. The molecule has 152 valence electrons. The van der Waals surface area contributed by atoms with Crippen LogP contribution in [0.15, 0.2) is 96.2 Å². The van der Waals surface area contributed by atoms with Crippen LogP contribution < -0.4 is 0 Å². The molecule has 0 atom stereocenters. The number of thioether (sulfide) groups is 1. The number of fused-ring (bicyclic) bond motifs is 1. The fraction of sp³-hybridized carbons (Fsp3) is 0.0769. The summed E-state index contributed by atoms with van der Waals surface area (Å²) >= 11 is 7.81. The zero-order valence-electron chi connectivity index (χ0n) is 17.0. The van der Waals surface area contributed by atoms with Crippen molar-refractivity contribution in [2.24, 2.45) is 0 Å². The summed E-state index contributed by atoms with van der Waals surface area (Å²) in [6.45, 7) is 2.11. The molecule has 0 spiro atoms. The van der Waals surface area contributed by atoms with Gasteiger partial charge in [-0.3, -0.25) is 4.57 Å². The largest absolute Gasteiger partial charge is 0.270 e. The molecule has 0 bridgehead atoms. The van der Waals surface area contributed by atoms with Crippen molar-refractivity contribution in [1.29, 1.82) is 0 Å². The molecule has 0 amide bonds. The van der Waals surface area contributed by atoms with Gasteiger partial charge in [-0.15, -0.1) is 10.2 Å². The Morgan fingerprint density at radius 2 is 1.55 bits per heavy atom. The van der Waals surface area contributed by atoms with Crippen molar-refractivity contribution in [2.45, 2.75) is 17.8 Å². The Bertz CT molecular complexity index is 1350. The van der Waals surface area contributed by atoms with Crippen LogP contribution in [0.4, 0.5) is 0 Å². The van der Waals surface area contributed by atoms with Crippen LogP contribution in [0, 0.1) is 6.92 Å². The molecular weight excluding hydrogens is 422 g/mol. The van der Waals surface area contributed by atoms with Crippen molar-refractivity contribution in [2.75, 3.05) is 0 Å². The average molecular weight is 442 g/mol. The Kier molecular flexibility index (Phi) is 5.49. The molecule has 1 heterocycles. The van der Waals surface area contributed by atoms with Crippen molar-refractivity contribution in [3.05, 3.63) is 107 Å². The van der Waals surface area contributed by atoms with Gasteiger partial charge in [-0.25, -0.2) is 0 Å². The summed E-state index contributed by atoms with van der Waals surface area (Å²) in [7, 11) is 0. The quantitative estimate of drug-likeness (QED) is 0.267. The molecule has 0 aliphatic heterocycles. The van der Waals surface area contributed by atoms with E-state index in [0.29, 0.717) is 5.02 Å². The monoisotopic (exact) mass is 441 g/mol. The Balaban J connectivity index is 1.57. The van der Waals surface area contributed by atoms with Crippen LogP contribution in [-0.2, 0) is 5.75 Å². The van der Waals surface area contributed by atoms with E-state index in [9.17, 15) is 0 Å². The second kappa shape index (κ2) is 8.58. The topological polar surface area (TPSA) is 30.7 Å². The molecule has 5 heteroatoms. The number of hydrogen-bond acceptors (Lipinski definition) is 3. The first-order chi connectivity index (χ1) is 15.2. The fourth-order valence-electron chi connectivity index (χ4n) is 3.74. The Morgan fingerprint density at radius 1 is 0.806 bits per heavy atom. The Morgan fingerprint density at radius 3 is 2.39 bits per heavy atom. The molecule has 0 saturated carbocycles. The van der Waals surface area contributed by atoms with E-state index in [1.165, 1.54) is 21.9 Å². The molecule has 1 aromatic heterocycles. The molecule has 0 aliphatic rings. The lowest BCUT2D eigenvalue weighted by atomic mass is 10.1. The van der Waals surface area contributed by atoms with E-state index >= 15 is 0 Å². The summed E-state index contributed by atoms with van der Waals surface area (Å²) in [5.74, 6) is 1.62. The lowest BCUT2D eigenvalue weighted by Gasteiger charge is -2.13. The maximum atomic E-state index is 6.10. The van der Waals surface area contributed by atoms with Crippen LogP contribution in [0.3, 0.4) is 0 Å². The van der Waals surface area contributed by atoms with Gasteiger partial charge in [0.15, 0.2) is 11.0 Å². The lowest BCUT2D eigenvalue weighted by molar-refractivity contribution is 0.880. The Hall–Kier alpha value is -3.08. The van der Waals surface area contributed by atoms with Gasteiger partial charge in [-0.1, -0.05) is 84.0 Å². The summed E-state index contributed by atoms with van der Waals surface area (Å²) in [6.07, 6.45) is 0. The van der Waals surface area contributed by atoms with Crippen molar-refractivity contribution < 1.29 is 0 Å². The number of aryl methyl sites for hydroxylation is 1. The van der Waals surface area contributed by atoms with Crippen LogP contribution in [0.25, 0.3) is 27.8 Å². The van der Waals surface area contributed by atoms with E-state index in [1.54, 1.807) is 11.8 Å². The SMILES string of the molecule is Cc1ccccc1-n1c(SCc2cccc3ccccc23)nnc1-c1ccc(Cl)cc1. The Labute approximate surface area is 190 Å². The first-order valence-electron chi connectivity index (χ1n) is 10.1. The third kappa shape index (κ3) is 3.97. The number of aromatic nitrogens is 3. The number of para-hydroxylation sites is 1. The minimum absolute atomic E-state index is 0.705. The van der Waals surface area contributed by atoms with Crippen LogP contribution >= 0.6 is 23.4 Å².